The molecule has 0 bridgehead atoms. The van der Waals surface area contributed by atoms with Crippen LogP contribution in [0, 0.1) is 0 Å². The van der Waals surface area contributed by atoms with Crippen LogP contribution in [-0.4, -0.2) is 11.5 Å². The number of benzene rings is 1. The molecule has 0 saturated carbocycles. The second kappa shape index (κ2) is 7.78. The van der Waals surface area contributed by atoms with Gasteiger partial charge in [-0.25, -0.2) is 4.98 Å². The molecular weight excluding hydrogens is 352 g/mol. The number of ether oxygens (including phenoxy) is 1. The first kappa shape index (κ1) is 16.3. The molecule has 1 N–H and O–H groups in total. The Balaban J connectivity index is 2.25. The molecule has 3 nitrogen and oxygen atoms in total. The highest BCUT2D eigenvalue weighted by Gasteiger charge is 2.14. The van der Waals surface area contributed by atoms with Crippen molar-refractivity contribution in [3.63, 3.8) is 0 Å². The van der Waals surface area contributed by atoms with Gasteiger partial charge >= 0.3 is 0 Å². The van der Waals surface area contributed by atoms with Crippen molar-refractivity contribution in [1.29, 1.82) is 0 Å². The molecule has 21 heavy (non-hydrogen) atoms. The van der Waals surface area contributed by atoms with E-state index in [1.165, 1.54) is 0 Å². The van der Waals surface area contributed by atoms with E-state index in [1.54, 1.807) is 12.3 Å². The minimum absolute atomic E-state index is 0.166. The maximum atomic E-state index is 6.17. The summed E-state index contributed by atoms with van der Waals surface area (Å²) in [6, 6.07) is 9.60. The summed E-state index contributed by atoms with van der Waals surface area (Å²) in [5.41, 5.74) is 1.02. The maximum absolute atomic E-state index is 6.17. The summed E-state index contributed by atoms with van der Waals surface area (Å²) >= 11 is 9.59. The number of hydrogen-bond acceptors (Lipinski definition) is 3. The topological polar surface area (TPSA) is 34.2 Å². The molecule has 112 valence electrons. The molecular formula is C16H18BrClN2O. The molecule has 1 aromatic heterocycles. The van der Waals surface area contributed by atoms with Gasteiger partial charge in [0.25, 0.3) is 0 Å². The Bertz CT molecular complexity index is 607. The lowest BCUT2D eigenvalue weighted by Gasteiger charge is -2.17. The van der Waals surface area contributed by atoms with E-state index >= 15 is 0 Å². The van der Waals surface area contributed by atoms with Crippen molar-refractivity contribution in [2.75, 3.05) is 6.54 Å². The second-order valence-corrected chi connectivity index (χ2v) is 6.07. The van der Waals surface area contributed by atoms with Crippen molar-refractivity contribution in [2.45, 2.75) is 26.3 Å². The molecule has 1 aromatic carbocycles. The van der Waals surface area contributed by atoms with E-state index < -0.39 is 0 Å². The molecule has 1 heterocycles. The van der Waals surface area contributed by atoms with Gasteiger partial charge in [-0.2, -0.15) is 0 Å². The predicted octanol–water partition coefficient (Wildman–Crippen LogP) is 5.35. The number of nitrogens with zero attached hydrogens (tertiary/aromatic N) is 1. The molecule has 0 saturated heterocycles. The fourth-order valence-corrected chi connectivity index (χ4v) is 2.44. The Labute approximate surface area is 138 Å². The summed E-state index contributed by atoms with van der Waals surface area (Å²) in [4.78, 5) is 4.34. The molecule has 0 aliphatic carbocycles. The molecule has 2 aromatic rings. The maximum Gasteiger partial charge on any atom is 0.224 e. The van der Waals surface area contributed by atoms with Crippen LogP contribution in [0.2, 0.25) is 5.02 Å². The lowest BCUT2D eigenvalue weighted by Crippen LogP contribution is -2.20. The average Bonchev–Trinajstić information content (AvgIpc) is 2.49. The number of nitrogens with one attached hydrogen (secondary N) is 1. The molecule has 1 atom stereocenters. The van der Waals surface area contributed by atoms with Crippen LogP contribution in [0.15, 0.2) is 41.0 Å². The van der Waals surface area contributed by atoms with E-state index in [1.807, 2.05) is 24.3 Å². The van der Waals surface area contributed by atoms with Gasteiger partial charge in [-0.1, -0.05) is 40.5 Å². The Hall–Kier alpha value is -1.10. The second-order valence-electron chi connectivity index (χ2n) is 4.75. The zero-order chi connectivity index (χ0) is 15.2. The molecule has 0 spiro atoms. The molecule has 0 radical (unpaired) electrons. The third-order valence-corrected chi connectivity index (χ3v) is 3.87. The van der Waals surface area contributed by atoms with Gasteiger partial charge < -0.3 is 10.1 Å². The predicted molar refractivity (Wildman–Crippen MR) is 90.2 cm³/mol. The largest absolute Gasteiger partial charge is 0.437 e. The SMILES string of the molecule is CCCNC(C)c1cccnc1Oc1cc(Br)ccc1Cl. The summed E-state index contributed by atoms with van der Waals surface area (Å²) in [6.45, 7) is 5.19. The van der Waals surface area contributed by atoms with Crippen molar-refractivity contribution in [1.82, 2.24) is 10.3 Å². The van der Waals surface area contributed by atoms with E-state index in [0.717, 1.165) is 23.0 Å². The van der Waals surface area contributed by atoms with Crippen LogP contribution in [-0.2, 0) is 0 Å². The molecule has 2 rings (SSSR count). The van der Waals surface area contributed by atoms with E-state index in [9.17, 15) is 0 Å². The van der Waals surface area contributed by atoms with Gasteiger partial charge in [0.2, 0.25) is 5.88 Å². The van der Waals surface area contributed by atoms with Gasteiger partial charge in [0.1, 0.15) is 5.75 Å². The van der Waals surface area contributed by atoms with Gasteiger partial charge in [0.05, 0.1) is 5.02 Å². The standard InChI is InChI=1S/C16H18BrClN2O/c1-3-8-19-11(2)13-5-4-9-20-16(13)21-15-10-12(17)6-7-14(15)18/h4-7,9-11,19H,3,8H2,1-2H3. The highest BCUT2D eigenvalue weighted by atomic mass is 79.9. The fourth-order valence-electron chi connectivity index (χ4n) is 1.95. The zero-order valence-corrected chi connectivity index (χ0v) is 14.4. The van der Waals surface area contributed by atoms with Crippen LogP contribution >= 0.6 is 27.5 Å². The van der Waals surface area contributed by atoms with Crippen LogP contribution in [0.1, 0.15) is 31.9 Å². The van der Waals surface area contributed by atoms with Crippen molar-refractivity contribution >= 4 is 27.5 Å². The smallest absolute Gasteiger partial charge is 0.224 e. The minimum Gasteiger partial charge on any atom is -0.437 e. The first-order chi connectivity index (χ1) is 10.1. The van der Waals surface area contributed by atoms with E-state index in [4.69, 9.17) is 16.3 Å². The summed E-state index contributed by atoms with van der Waals surface area (Å²) in [7, 11) is 0. The Morgan fingerprint density at radius 2 is 2.19 bits per heavy atom. The third-order valence-electron chi connectivity index (χ3n) is 3.07. The Morgan fingerprint density at radius 1 is 1.38 bits per heavy atom. The van der Waals surface area contributed by atoms with Crippen molar-refractivity contribution < 1.29 is 4.74 Å². The quantitative estimate of drug-likeness (QED) is 0.745. The van der Waals surface area contributed by atoms with E-state index in [-0.39, 0.29) is 6.04 Å². The van der Waals surface area contributed by atoms with Crippen LogP contribution in [0.25, 0.3) is 0 Å². The first-order valence-electron chi connectivity index (χ1n) is 6.93. The molecule has 0 aliphatic rings. The van der Waals surface area contributed by atoms with Crippen molar-refractivity contribution in [2.24, 2.45) is 0 Å². The number of pyridine rings is 1. The Kier molecular flexibility index (Phi) is 6.03. The molecule has 5 heteroatoms. The van der Waals surface area contributed by atoms with Gasteiger partial charge in [0.15, 0.2) is 0 Å². The van der Waals surface area contributed by atoms with Crippen LogP contribution < -0.4 is 10.1 Å². The van der Waals surface area contributed by atoms with Crippen molar-refractivity contribution in [3.05, 3.63) is 51.6 Å². The van der Waals surface area contributed by atoms with Gasteiger partial charge in [-0.3, -0.25) is 0 Å². The average molecular weight is 370 g/mol. The number of halogens is 2. The van der Waals surface area contributed by atoms with Crippen LogP contribution in [0.5, 0.6) is 11.6 Å². The van der Waals surface area contributed by atoms with Crippen molar-refractivity contribution in [3.8, 4) is 11.6 Å². The lowest BCUT2D eigenvalue weighted by molar-refractivity contribution is 0.442. The summed E-state index contributed by atoms with van der Waals surface area (Å²) < 4.78 is 6.82. The number of aromatic nitrogens is 1. The van der Waals surface area contributed by atoms with Gasteiger partial charge in [0, 0.05) is 22.3 Å². The van der Waals surface area contributed by atoms with Gasteiger partial charge in [-0.05, 0) is 44.2 Å². The first-order valence-corrected chi connectivity index (χ1v) is 8.10. The number of hydrogen-bond donors (Lipinski definition) is 1. The van der Waals surface area contributed by atoms with E-state index in [2.05, 4.69) is 40.1 Å². The monoisotopic (exact) mass is 368 g/mol. The Morgan fingerprint density at radius 3 is 2.95 bits per heavy atom. The molecule has 0 aliphatic heterocycles. The third kappa shape index (κ3) is 4.43. The highest BCUT2D eigenvalue weighted by molar-refractivity contribution is 9.10. The molecule has 0 fully saturated rings. The fraction of sp³-hybridized carbons (Fsp3) is 0.312. The highest BCUT2D eigenvalue weighted by Crippen LogP contribution is 2.33. The summed E-state index contributed by atoms with van der Waals surface area (Å²) in [6.07, 6.45) is 2.80. The minimum atomic E-state index is 0.166. The lowest BCUT2D eigenvalue weighted by atomic mass is 10.1. The zero-order valence-electron chi connectivity index (χ0n) is 12.1. The van der Waals surface area contributed by atoms with Crippen LogP contribution in [0.4, 0.5) is 0 Å². The van der Waals surface area contributed by atoms with Gasteiger partial charge in [-0.15, -0.1) is 0 Å². The molecule has 0 amide bonds. The summed E-state index contributed by atoms with van der Waals surface area (Å²) in [5, 5.41) is 4.00. The number of rotatable bonds is 6. The molecule has 1 unspecified atom stereocenters. The summed E-state index contributed by atoms with van der Waals surface area (Å²) in [5.74, 6) is 1.17. The normalized spacial score (nSPS) is 12.2. The van der Waals surface area contributed by atoms with E-state index in [0.29, 0.717) is 16.7 Å². The van der Waals surface area contributed by atoms with Crippen LogP contribution in [0.3, 0.4) is 0 Å².